The molecule has 0 amide bonds. The Labute approximate surface area is 106 Å². The van der Waals surface area contributed by atoms with E-state index in [1.165, 1.54) is 31.2 Å². The molecular weight excluding hydrogens is 260 g/mol. The molecule has 1 saturated carbocycles. The predicted molar refractivity (Wildman–Crippen MR) is 66.4 cm³/mol. The Morgan fingerprint density at radius 1 is 1.59 bits per heavy atom. The Bertz CT molecular complexity index is 500. The Balaban J connectivity index is 2.07. The smallest absolute Gasteiger partial charge is 0.240 e. The van der Waals surface area contributed by atoms with E-state index in [1.54, 1.807) is 0 Å². The van der Waals surface area contributed by atoms with Crippen LogP contribution in [0.2, 0.25) is 5.15 Å². The number of rotatable bonds is 5. The van der Waals surface area contributed by atoms with E-state index in [9.17, 15) is 8.42 Å². The standard InChI is InChI=1S/C11H15ClN2O2S/c1-8(6-9-2-3-9)14-17(15,16)10-4-5-13-11(12)7-10/h4-5,7-9,14H,2-3,6H2,1H3. The average Bonchev–Trinajstić information content (AvgIpc) is 3.00. The Morgan fingerprint density at radius 3 is 2.88 bits per heavy atom. The van der Waals surface area contributed by atoms with Crippen molar-refractivity contribution < 1.29 is 8.42 Å². The zero-order valence-corrected chi connectivity index (χ0v) is 11.1. The van der Waals surface area contributed by atoms with Gasteiger partial charge in [0.05, 0.1) is 4.90 Å². The molecule has 1 aromatic heterocycles. The molecule has 1 N–H and O–H groups in total. The number of hydrogen-bond donors (Lipinski definition) is 1. The van der Waals surface area contributed by atoms with Gasteiger partial charge in [0.25, 0.3) is 0 Å². The molecule has 1 unspecified atom stereocenters. The van der Waals surface area contributed by atoms with Crippen molar-refractivity contribution in [3.8, 4) is 0 Å². The summed E-state index contributed by atoms with van der Waals surface area (Å²) in [4.78, 5) is 3.93. The molecule has 1 atom stereocenters. The van der Waals surface area contributed by atoms with E-state index >= 15 is 0 Å². The van der Waals surface area contributed by atoms with Gasteiger partial charge in [0.1, 0.15) is 5.15 Å². The summed E-state index contributed by atoms with van der Waals surface area (Å²) in [6, 6.07) is 2.76. The highest BCUT2D eigenvalue weighted by molar-refractivity contribution is 7.89. The van der Waals surface area contributed by atoms with Gasteiger partial charge in [-0.1, -0.05) is 24.4 Å². The third-order valence-electron chi connectivity index (χ3n) is 2.75. The lowest BCUT2D eigenvalue weighted by Gasteiger charge is -2.13. The van der Waals surface area contributed by atoms with Gasteiger partial charge in [0.15, 0.2) is 0 Å². The Hall–Kier alpha value is -0.650. The van der Waals surface area contributed by atoms with Crippen LogP contribution in [-0.4, -0.2) is 19.4 Å². The first-order valence-electron chi connectivity index (χ1n) is 5.61. The van der Waals surface area contributed by atoms with Crippen LogP contribution in [0.15, 0.2) is 23.2 Å². The third kappa shape index (κ3) is 3.66. The Kier molecular flexibility index (Phi) is 3.70. The number of hydrogen-bond acceptors (Lipinski definition) is 3. The van der Waals surface area contributed by atoms with Gasteiger partial charge in [0.2, 0.25) is 10.0 Å². The highest BCUT2D eigenvalue weighted by Gasteiger charge is 2.26. The maximum Gasteiger partial charge on any atom is 0.240 e. The summed E-state index contributed by atoms with van der Waals surface area (Å²) >= 11 is 5.68. The zero-order chi connectivity index (χ0) is 12.5. The summed E-state index contributed by atoms with van der Waals surface area (Å²) in [6.07, 6.45) is 4.72. The van der Waals surface area contributed by atoms with E-state index in [2.05, 4.69) is 9.71 Å². The molecule has 0 spiro atoms. The minimum absolute atomic E-state index is 0.0422. The highest BCUT2D eigenvalue weighted by atomic mass is 35.5. The van der Waals surface area contributed by atoms with Crippen molar-refractivity contribution in [3.63, 3.8) is 0 Å². The molecule has 17 heavy (non-hydrogen) atoms. The van der Waals surface area contributed by atoms with E-state index in [1.807, 2.05) is 6.92 Å². The molecule has 1 aliphatic rings. The van der Waals surface area contributed by atoms with E-state index in [-0.39, 0.29) is 16.1 Å². The number of nitrogens with zero attached hydrogens (tertiary/aromatic N) is 1. The lowest BCUT2D eigenvalue weighted by Crippen LogP contribution is -2.32. The predicted octanol–water partition coefficient (Wildman–Crippen LogP) is 2.20. The van der Waals surface area contributed by atoms with Gasteiger partial charge in [0, 0.05) is 12.2 Å². The maximum absolute atomic E-state index is 12.0. The molecule has 0 saturated heterocycles. The van der Waals surface area contributed by atoms with Crippen LogP contribution in [0.1, 0.15) is 26.2 Å². The molecule has 1 heterocycles. The lowest BCUT2D eigenvalue weighted by molar-refractivity contribution is 0.530. The van der Waals surface area contributed by atoms with Gasteiger partial charge in [-0.15, -0.1) is 0 Å². The second-order valence-electron chi connectivity index (χ2n) is 4.52. The number of pyridine rings is 1. The summed E-state index contributed by atoms with van der Waals surface area (Å²) in [7, 11) is -3.47. The fourth-order valence-electron chi connectivity index (χ4n) is 1.79. The number of sulfonamides is 1. The fraction of sp³-hybridized carbons (Fsp3) is 0.545. The molecule has 6 heteroatoms. The topological polar surface area (TPSA) is 59.1 Å². The molecule has 0 aliphatic heterocycles. The second kappa shape index (κ2) is 4.92. The molecule has 1 aliphatic carbocycles. The largest absolute Gasteiger partial charge is 0.244 e. The van der Waals surface area contributed by atoms with Crippen molar-refractivity contribution in [2.45, 2.75) is 37.1 Å². The van der Waals surface area contributed by atoms with Gasteiger partial charge in [-0.3, -0.25) is 0 Å². The molecule has 0 radical (unpaired) electrons. The van der Waals surface area contributed by atoms with Crippen molar-refractivity contribution in [1.82, 2.24) is 9.71 Å². The molecule has 94 valence electrons. The van der Waals surface area contributed by atoms with Crippen molar-refractivity contribution in [3.05, 3.63) is 23.5 Å². The molecular formula is C11H15ClN2O2S. The Morgan fingerprint density at radius 2 is 2.29 bits per heavy atom. The van der Waals surface area contributed by atoms with Crippen LogP contribution in [0, 0.1) is 5.92 Å². The van der Waals surface area contributed by atoms with Crippen LogP contribution in [0.25, 0.3) is 0 Å². The van der Waals surface area contributed by atoms with Crippen LogP contribution in [0.5, 0.6) is 0 Å². The van der Waals surface area contributed by atoms with Crippen LogP contribution in [-0.2, 0) is 10.0 Å². The van der Waals surface area contributed by atoms with Gasteiger partial charge in [-0.05, 0) is 31.4 Å². The lowest BCUT2D eigenvalue weighted by atomic mass is 10.2. The molecule has 0 aromatic carbocycles. The maximum atomic E-state index is 12.0. The number of aromatic nitrogens is 1. The zero-order valence-electron chi connectivity index (χ0n) is 9.56. The molecule has 0 bridgehead atoms. The molecule has 1 fully saturated rings. The van der Waals surface area contributed by atoms with E-state index in [0.29, 0.717) is 5.92 Å². The van der Waals surface area contributed by atoms with E-state index < -0.39 is 10.0 Å². The third-order valence-corrected chi connectivity index (χ3v) is 4.54. The second-order valence-corrected chi connectivity index (χ2v) is 6.62. The summed E-state index contributed by atoms with van der Waals surface area (Å²) in [6.45, 7) is 1.89. The summed E-state index contributed by atoms with van der Waals surface area (Å²) in [5, 5.41) is 0.183. The van der Waals surface area contributed by atoms with Crippen LogP contribution in [0.4, 0.5) is 0 Å². The monoisotopic (exact) mass is 274 g/mol. The molecule has 1 aromatic rings. The normalized spacial score (nSPS) is 18.0. The number of halogens is 1. The first-order chi connectivity index (χ1) is 7.97. The SMILES string of the molecule is CC(CC1CC1)NS(=O)(=O)c1ccnc(Cl)c1. The van der Waals surface area contributed by atoms with Gasteiger partial charge >= 0.3 is 0 Å². The molecule has 4 nitrogen and oxygen atoms in total. The first kappa shape index (κ1) is 12.8. The highest BCUT2D eigenvalue weighted by Crippen LogP contribution is 2.33. The quantitative estimate of drug-likeness (QED) is 0.838. The average molecular weight is 275 g/mol. The minimum atomic E-state index is -3.47. The van der Waals surface area contributed by atoms with Crippen molar-refractivity contribution in [2.24, 2.45) is 5.92 Å². The van der Waals surface area contributed by atoms with E-state index in [4.69, 9.17) is 11.6 Å². The fourth-order valence-corrected chi connectivity index (χ4v) is 3.29. The minimum Gasteiger partial charge on any atom is -0.244 e. The van der Waals surface area contributed by atoms with Gasteiger partial charge in [-0.25, -0.2) is 18.1 Å². The van der Waals surface area contributed by atoms with Crippen LogP contribution >= 0.6 is 11.6 Å². The van der Waals surface area contributed by atoms with Crippen LogP contribution in [0.3, 0.4) is 0 Å². The first-order valence-corrected chi connectivity index (χ1v) is 7.47. The van der Waals surface area contributed by atoms with Crippen molar-refractivity contribution in [2.75, 3.05) is 0 Å². The summed E-state index contributed by atoms with van der Waals surface area (Å²) < 4.78 is 26.7. The molecule has 2 rings (SSSR count). The van der Waals surface area contributed by atoms with Crippen molar-refractivity contribution >= 4 is 21.6 Å². The van der Waals surface area contributed by atoms with Gasteiger partial charge < -0.3 is 0 Å². The number of nitrogens with one attached hydrogen (secondary N) is 1. The van der Waals surface area contributed by atoms with Crippen molar-refractivity contribution in [1.29, 1.82) is 0 Å². The van der Waals surface area contributed by atoms with E-state index in [0.717, 1.165) is 6.42 Å². The summed E-state index contributed by atoms with van der Waals surface area (Å²) in [5.74, 6) is 0.689. The summed E-state index contributed by atoms with van der Waals surface area (Å²) in [5.41, 5.74) is 0. The van der Waals surface area contributed by atoms with Crippen LogP contribution < -0.4 is 4.72 Å². The van der Waals surface area contributed by atoms with Gasteiger partial charge in [-0.2, -0.15) is 0 Å².